The highest BCUT2D eigenvalue weighted by molar-refractivity contribution is 5.88. The molecule has 7 rings (SSSR count). The van der Waals surface area contributed by atoms with Crippen molar-refractivity contribution < 1.29 is 19.7 Å². The second-order valence-corrected chi connectivity index (χ2v) is 22.0. The summed E-state index contributed by atoms with van der Waals surface area (Å²) in [5, 5.41) is 39.0. The Morgan fingerprint density at radius 1 is 0.420 bits per heavy atom. The fraction of sp³-hybridized carbons (Fsp3) is 0.444. The van der Waals surface area contributed by atoms with Gasteiger partial charge in [-0.2, -0.15) is 5.10 Å². The van der Waals surface area contributed by atoms with Gasteiger partial charge in [0.05, 0.1) is 11.7 Å². The molecular formula is C63H97FN2O3. The molecule has 0 amide bonds. The van der Waals surface area contributed by atoms with Crippen molar-refractivity contribution in [1.29, 1.82) is 0 Å². The number of aryl methyl sites for hydroxylation is 3. The maximum absolute atomic E-state index is 13.2. The van der Waals surface area contributed by atoms with E-state index in [1.54, 1.807) is 6.07 Å². The Morgan fingerprint density at radius 2 is 0.899 bits per heavy atom. The van der Waals surface area contributed by atoms with Crippen LogP contribution in [0.25, 0.3) is 21.7 Å². The Morgan fingerprint density at radius 3 is 1.36 bits per heavy atom. The van der Waals surface area contributed by atoms with Crippen molar-refractivity contribution in [3.8, 4) is 17.2 Å². The van der Waals surface area contributed by atoms with Crippen LogP contribution < -0.4 is 0 Å². The van der Waals surface area contributed by atoms with Gasteiger partial charge in [-0.25, -0.2) is 4.39 Å². The van der Waals surface area contributed by atoms with Crippen LogP contribution in [0.4, 0.5) is 4.39 Å². The zero-order valence-corrected chi connectivity index (χ0v) is 42.1. The van der Waals surface area contributed by atoms with Crippen molar-refractivity contribution in [1.82, 2.24) is 10.2 Å². The van der Waals surface area contributed by atoms with Crippen LogP contribution in [0.2, 0.25) is 0 Å². The summed E-state index contributed by atoms with van der Waals surface area (Å²) in [6.45, 7) is 38.4. The summed E-state index contributed by atoms with van der Waals surface area (Å²) in [5.74, 6) is 0.383. The molecular weight excluding hydrogens is 852 g/mol. The van der Waals surface area contributed by atoms with Crippen LogP contribution in [0.5, 0.6) is 17.2 Å². The number of phenolic OH excluding ortho intramolecular Hbond substituents is 3. The summed E-state index contributed by atoms with van der Waals surface area (Å²) >= 11 is 0. The summed E-state index contributed by atoms with van der Waals surface area (Å²) < 4.78 is 13.2. The molecule has 0 saturated heterocycles. The molecule has 0 bridgehead atoms. The van der Waals surface area contributed by atoms with Gasteiger partial charge in [0.2, 0.25) is 0 Å². The van der Waals surface area contributed by atoms with Gasteiger partial charge in [-0.05, 0) is 140 Å². The number of nitrogens with zero attached hydrogens (tertiary/aromatic N) is 1. The van der Waals surface area contributed by atoms with Gasteiger partial charge in [-0.15, -0.1) is 0 Å². The van der Waals surface area contributed by atoms with E-state index >= 15 is 0 Å². The fourth-order valence-corrected chi connectivity index (χ4v) is 8.12. The first-order valence-electron chi connectivity index (χ1n) is 22.3. The van der Waals surface area contributed by atoms with E-state index in [1.807, 2.05) is 69.4 Å². The van der Waals surface area contributed by atoms with Crippen molar-refractivity contribution in [3.63, 3.8) is 0 Å². The summed E-state index contributed by atoms with van der Waals surface area (Å²) in [7, 11) is 0. The minimum atomic E-state index is -0.352. The number of nitrogens with one attached hydrogen (secondary N) is 1. The summed E-state index contributed by atoms with van der Waals surface area (Å²) in [5.41, 5.74) is 11.0. The van der Waals surface area contributed by atoms with E-state index in [-0.39, 0.29) is 75.8 Å². The normalized spacial score (nSPS) is 11.0. The summed E-state index contributed by atoms with van der Waals surface area (Å²) in [6.07, 6.45) is 1.92. The number of hydrogen-bond acceptors (Lipinski definition) is 4. The third kappa shape index (κ3) is 19.4. The molecule has 7 aromatic rings. The Labute approximate surface area is 421 Å². The smallest absolute Gasteiger partial charge is 0.130 e. The third-order valence-corrected chi connectivity index (χ3v) is 11.0. The van der Waals surface area contributed by atoms with Gasteiger partial charge in [0.15, 0.2) is 0 Å². The fourth-order valence-electron chi connectivity index (χ4n) is 8.12. The maximum atomic E-state index is 13.2. The van der Waals surface area contributed by atoms with Gasteiger partial charge >= 0.3 is 0 Å². The molecule has 4 N–H and O–H groups in total. The number of aromatic amines is 1. The molecule has 384 valence electrons. The first-order valence-corrected chi connectivity index (χ1v) is 22.3. The molecule has 0 saturated carbocycles. The number of rotatable bonds is 0. The lowest BCUT2D eigenvalue weighted by molar-refractivity contribution is 0.429. The van der Waals surface area contributed by atoms with Gasteiger partial charge in [0, 0.05) is 10.9 Å². The zero-order chi connectivity index (χ0) is 48.6. The van der Waals surface area contributed by atoms with Crippen molar-refractivity contribution in [2.45, 2.75) is 189 Å². The molecule has 0 atom stereocenters. The summed E-state index contributed by atoms with van der Waals surface area (Å²) in [6, 6.07) is 34.5. The SMILES string of the molecule is C.C.C.C.C.CC(C)(C)c1c(O)cccc1F.CC(C)(C)c1cc(O)cc2ccccc12.Cc1ccc(O)cc1C(C)(C)C.Cc1ccc2[nH]ncc2c1C(C)(C)C.Cc1ccccc1C(C)(C)C. The predicted octanol–water partition coefficient (Wildman–Crippen LogP) is 19.3. The van der Waals surface area contributed by atoms with Gasteiger partial charge in [0.25, 0.3) is 0 Å². The topological polar surface area (TPSA) is 89.4 Å². The molecule has 6 aromatic carbocycles. The first kappa shape index (κ1) is 67.6. The Balaban J connectivity index is -0.000000779. The lowest BCUT2D eigenvalue weighted by Gasteiger charge is -2.22. The number of fused-ring (bicyclic) bond motifs is 2. The largest absolute Gasteiger partial charge is 0.508 e. The second-order valence-electron chi connectivity index (χ2n) is 22.0. The predicted molar refractivity (Wildman–Crippen MR) is 306 cm³/mol. The molecule has 0 spiro atoms. The molecule has 6 heteroatoms. The van der Waals surface area contributed by atoms with E-state index in [2.05, 4.69) is 157 Å². The van der Waals surface area contributed by atoms with Gasteiger partial charge in [-0.3, -0.25) is 5.10 Å². The van der Waals surface area contributed by atoms with E-state index < -0.39 is 0 Å². The quantitative estimate of drug-likeness (QED) is 0.122. The van der Waals surface area contributed by atoms with Crippen molar-refractivity contribution in [2.75, 3.05) is 0 Å². The van der Waals surface area contributed by atoms with Crippen LogP contribution in [-0.4, -0.2) is 25.5 Å². The number of halogens is 1. The first-order chi connectivity index (χ1) is 29.3. The molecule has 0 aliphatic rings. The van der Waals surface area contributed by atoms with Crippen LogP contribution in [0.15, 0.2) is 115 Å². The number of aromatic hydroxyl groups is 3. The molecule has 0 radical (unpaired) electrons. The zero-order valence-electron chi connectivity index (χ0n) is 42.1. The Bertz CT molecular complexity index is 2580. The van der Waals surface area contributed by atoms with E-state index in [9.17, 15) is 19.7 Å². The van der Waals surface area contributed by atoms with E-state index in [0.29, 0.717) is 17.1 Å². The van der Waals surface area contributed by atoms with Gasteiger partial charge < -0.3 is 15.3 Å². The van der Waals surface area contributed by atoms with Crippen LogP contribution >= 0.6 is 0 Å². The highest BCUT2D eigenvalue weighted by atomic mass is 19.1. The lowest BCUT2D eigenvalue weighted by atomic mass is 9.82. The number of aromatic nitrogens is 2. The number of benzene rings is 6. The average Bonchev–Trinajstić information content (AvgIpc) is 3.63. The average molecular weight is 949 g/mol. The number of hydrogen-bond donors (Lipinski definition) is 4. The van der Waals surface area contributed by atoms with E-state index in [4.69, 9.17) is 0 Å². The molecule has 1 heterocycles. The molecule has 0 aliphatic carbocycles. The van der Waals surface area contributed by atoms with Crippen LogP contribution in [0.1, 0.15) is 185 Å². The minimum absolute atomic E-state index is 0. The molecule has 0 fully saturated rings. The number of H-pyrrole nitrogens is 1. The highest BCUT2D eigenvalue weighted by Gasteiger charge is 2.23. The van der Waals surface area contributed by atoms with Crippen molar-refractivity contribution >= 4 is 21.7 Å². The van der Waals surface area contributed by atoms with E-state index in [0.717, 1.165) is 10.9 Å². The molecule has 5 nitrogen and oxygen atoms in total. The second kappa shape index (κ2) is 27.0. The van der Waals surface area contributed by atoms with Gasteiger partial charge in [-0.1, -0.05) is 208 Å². The maximum Gasteiger partial charge on any atom is 0.130 e. The Hall–Kier alpha value is -5.62. The van der Waals surface area contributed by atoms with E-state index in [1.165, 1.54) is 67.9 Å². The monoisotopic (exact) mass is 949 g/mol. The minimum Gasteiger partial charge on any atom is -0.508 e. The Kier molecular flexibility index (Phi) is 26.4. The standard InChI is InChI=1S/C14H16O.C12H16N2.C11H16O.C11H16.C10H13FO.5CH4/c1-14(2,3)13-9-11(15)8-10-6-4-5-7-12(10)13;1-8-5-6-10-9(7-13-14-10)11(8)12(2,3)4;1-8-5-6-9(12)7-10(8)11(2,3)4;1-9-7-5-6-8-10(9)11(2,3)4;1-10(2,3)9-7(11)5-4-6-8(9)12;;;;;/h4-9,15H,1-3H3;5-7H,1-4H3,(H,13,14);5-7,12H,1-4H3;5-8H,1-4H3;4-6,12H,1-3H3;5*1H4. The van der Waals surface area contributed by atoms with Crippen LogP contribution in [-0.2, 0) is 27.1 Å². The number of phenols is 3. The van der Waals surface area contributed by atoms with Crippen LogP contribution in [0, 0.1) is 26.6 Å². The molecule has 1 aromatic heterocycles. The summed E-state index contributed by atoms with van der Waals surface area (Å²) in [4.78, 5) is 0. The van der Waals surface area contributed by atoms with Gasteiger partial charge in [0.1, 0.15) is 23.1 Å². The molecule has 69 heavy (non-hydrogen) atoms. The third-order valence-electron chi connectivity index (χ3n) is 11.0. The van der Waals surface area contributed by atoms with Crippen LogP contribution in [0.3, 0.4) is 0 Å². The van der Waals surface area contributed by atoms with Crippen molar-refractivity contribution in [2.24, 2.45) is 0 Å². The highest BCUT2D eigenvalue weighted by Crippen LogP contribution is 2.35. The van der Waals surface area contributed by atoms with Crippen molar-refractivity contribution in [3.05, 3.63) is 166 Å². The molecule has 0 aliphatic heterocycles. The lowest BCUT2D eigenvalue weighted by Crippen LogP contribution is -2.13. The molecule has 0 unspecified atom stereocenters.